The molecule has 1 fully saturated rings. The molecular weight excluding hydrogens is 122 g/mol. The van der Waals surface area contributed by atoms with E-state index >= 15 is 0 Å². The summed E-state index contributed by atoms with van der Waals surface area (Å²) in [4.78, 5) is 4.27. The molecule has 0 radical (unpaired) electrons. The van der Waals surface area contributed by atoms with E-state index in [0.717, 1.165) is 12.5 Å². The lowest BCUT2D eigenvalue weighted by atomic mass is 9.90. The molecule has 1 saturated carbocycles. The molecule has 0 aromatic rings. The molecule has 1 aliphatic carbocycles. The van der Waals surface area contributed by atoms with Gasteiger partial charge in [0.05, 0.1) is 0 Å². The van der Waals surface area contributed by atoms with Crippen LogP contribution in [0.4, 0.5) is 0 Å². The number of rotatable bonds is 2. The Bertz CT molecular complexity index is 101. The highest BCUT2D eigenvalue weighted by atomic mass is 14.7. The quantitative estimate of drug-likeness (QED) is 0.521. The molecule has 0 heterocycles. The van der Waals surface area contributed by atoms with Crippen molar-refractivity contribution in [3.8, 4) is 0 Å². The molecule has 0 aromatic heterocycles. The molecule has 10 heavy (non-hydrogen) atoms. The van der Waals surface area contributed by atoms with E-state index in [1.807, 2.05) is 0 Å². The SMILES string of the molecule is CC/N=C/C1CCCCC1. The second-order valence-electron chi connectivity index (χ2n) is 3.05. The van der Waals surface area contributed by atoms with Crippen molar-refractivity contribution < 1.29 is 0 Å². The molecule has 1 nitrogen and oxygen atoms in total. The Morgan fingerprint density at radius 3 is 2.60 bits per heavy atom. The van der Waals surface area contributed by atoms with E-state index in [1.54, 1.807) is 0 Å². The molecule has 0 unspecified atom stereocenters. The molecule has 1 rings (SSSR count). The highest BCUT2D eigenvalue weighted by Crippen LogP contribution is 2.21. The summed E-state index contributed by atoms with van der Waals surface area (Å²) in [5, 5.41) is 0. The number of aliphatic imine (C=N–C) groups is 1. The van der Waals surface area contributed by atoms with Crippen molar-refractivity contribution in [3.63, 3.8) is 0 Å². The molecule has 0 atom stereocenters. The van der Waals surface area contributed by atoms with E-state index in [-0.39, 0.29) is 0 Å². The molecule has 0 aromatic carbocycles. The predicted molar refractivity (Wildman–Crippen MR) is 45.6 cm³/mol. The average Bonchev–Trinajstić information content (AvgIpc) is 2.03. The Balaban J connectivity index is 2.19. The fourth-order valence-electron chi connectivity index (χ4n) is 1.54. The minimum Gasteiger partial charge on any atom is -0.298 e. The van der Waals surface area contributed by atoms with Crippen LogP contribution < -0.4 is 0 Å². The Hall–Kier alpha value is -0.330. The van der Waals surface area contributed by atoms with Crippen LogP contribution in [0, 0.1) is 5.92 Å². The Morgan fingerprint density at radius 1 is 1.30 bits per heavy atom. The van der Waals surface area contributed by atoms with Crippen LogP contribution in [0.15, 0.2) is 4.99 Å². The van der Waals surface area contributed by atoms with Crippen molar-refractivity contribution in [1.82, 2.24) is 0 Å². The second kappa shape index (κ2) is 4.48. The maximum Gasteiger partial charge on any atom is 0.0357 e. The first-order chi connectivity index (χ1) is 4.93. The van der Waals surface area contributed by atoms with Gasteiger partial charge in [0, 0.05) is 12.8 Å². The van der Waals surface area contributed by atoms with Gasteiger partial charge in [-0.15, -0.1) is 0 Å². The number of hydrogen-bond donors (Lipinski definition) is 0. The molecule has 58 valence electrons. The normalized spacial score (nSPS) is 22.1. The van der Waals surface area contributed by atoms with Crippen LogP contribution in [-0.4, -0.2) is 12.8 Å². The van der Waals surface area contributed by atoms with Crippen LogP contribution in [0.25, 0.3) is 0 Å². The second-order valence-corrected chi connectivity index (χ2v) is 3.05. The van der Waals surface area contributed by atoms with Crippen molar-refractivity contribution >= 4 is 6.21 Å². The Kier molecular flexibility index (Phi) is 3.48. The van der Waals surface area contributed by atoms with E-state index in [9.17, 15) is 0 Å². The van der Waals surface area contributed by atoms with Gasteiger partial charge in [-0.05, 0) is 25.7 Å². The Morgan fingerprint density at radius 2 is 2.00 bits per heavy atom. The lowest BCUT2D eigenvalue weighted by Crippen LogP contribution is -2.07. The van der Waals surface area contributed by atoms with Crippen molar-refractivity contribution in [2.45, 2.75) is 39.0 Å². The smallest absolute Gasteiger partial charge is 0.0357 e. The van der Waals surface area contributed by atoms with Crippen LogP contribution in [0.5, 0.6) is 0 Å². The van der Waals surface area contributed by atoms with E-state index in [4.69, 9.17) is 0 Å². The molecule has 0 amide bonds. The van der Waals surface area contributed by atoms with Crippen LogP contribution >= 0.6 is 0 Å². The third kappa shape index (κ3) is 2.51. The van der Waals surface area contributed by atoms with Gasteiger partial charge in [0.25, 0.3) is 0 Å². The third-order valence-electron chi connectivity index (χ3n) is 2.15. The summed E-state index contributed by atoms with van der Waals surface area (Å²) in [5.41, 5.74) is 0. The number of nitrogens with zero attached hydrogens (tertiary/aromatic N) is 1. The molecule has 0 spiro atoms. The summed E-state index contributed by atoms with van der Waals surface area (Å²) >= 11 is 0. The monoisotopic (exact) mass is 139 g/mol. The van der Waals surface area contributed by atoms with Gasteiger partial charge in [-0.1, -0.05) is 19.3 Å². The van der Waals surface area contributed by atoms with Gasteiger partial charge in [0.2, 0.25) is 0 Å². The third-order valence-corrected chi connectivity index (χ3v) is 2.15. The van der Waals surface area contributed by atoms with Gasteiger partial charge >= 0.3 is 0 Å². The van der Waals surface area contributed by atoms with Gasteiger partial charge in [0.15, 0.2) is 0 Å². The molecule has 0 aliphatic heterocycles. The fraction of sp³-hybridized carbons (Fsp3) is 0.889. The fourth-order valence-corrected chi connectivity index (χ4v) is 1.54. The minimum atomic E-state index is 0.814. The van der Waals surface area contributed by atoms with Gasteiger partial charge in [0.1, 0.15) is 0 Å². The molecule has 0 N–H and O–H groups in total. The van der Waals surface area contributed by atoms with E-state index in [2.05, 4.69) is 18.1 Å². The van der Waals surface area contributed by atoms with Crippen molar-refractivity contribution in [2.75, 3.05) is 6.54 Å². The van der Waals surface area contributed by atoms with Gasteiger partial charge < -0.3 is 0 Å². The Labute approximate surface area is 63.5 Å². The van der Waals surface area contributed by atoms with Crippen LogP contribution in [0.3, 0.4) is 0 Å². The average molecular weight is 139 g/mol. The summed E-state index contributed by atoms with van der Waals surface area (Å²) in [6.45, 7) is 3.05. The summed E-state index contributed by atoms with van der Waals surface area (Å²) in [5.74, 6) is 0.814. The van der Waals surface area contributed by atoms with Gasteiger partial charge in [-0.25, -0.2) is 0 Å². The maximum absolute atomic E-state index is 4.27. The first-order valence-corrected chi connectivity index (χ1v) is 4.43. The van der Waals surface area contributed by atoms with E-state index in [1.165, 1.54) is 32.1 Å². The van der Waals surface area contributed by atoms with Crippen LogP contribution in [0.1, 0.15) is 39.0 Å². The molecule has 1 heteroatoms. The van der Waals surface area contributed by atoms with Crippen molar-refractivity contribution in [1.29, 1.82) is 0 Å². The topological polar surface area (TPSA) is 12.4 Å². The predicted octanol–water partition coefficient (Wildman–Crippen LogP) is 2.66. The number of hydrogen-bond acceptors (Lipinski definition) is 1. The zero-order valence-electron chi connectivity index (χ0n) is 6.84. The van der Waals surface area contributed by atoms with Crippen LogP contribution in [0.2, 0.25) is 0 Å². The van der Waals surface area contributed by atoms with Crippen LogP contribution in [-0.2, 0) is 0 Å². The molecule has 0 saturated heterocycles. The lowest BCUT2D eigenvalue weighted by molar-refractivity contribution is 0.444. The molecular formula is C9H17N. The van der Waals surface area contributed by atoms with Crippen molar-refractivity contribution in [3.05, 3.63) is 0 Å². The first kappa shape index (κ1) is 7.77. The summed E-state index contributed by atoms with van der Waals surface area (Å²) in [6, 6.07) is 0. The van der Waals surface area contributed by atoms with Gasteiger partial charge in [-0.2, -0.15) is 0 Å². The molecule has 0 bridgehead atoms. The minimum absolute atomic E-state index is 0.814. The van der Waals surface area contributed by atoms with Crippen molar-refractivity contribution in [2.24, 2.45) is 10.9 Å². The first-order valence-electron chi connectivity index (χ1n) is 4.43. The summed E-state index contributed by atoms with van der Waals surface area (Å²) < 4.78 is 0. The maximum atomic E-state index is 4.27. The zero-order valence-corrected chi connectivity index (χ0v) is 6.84. The zero-order chi connectivity index (χ0) is 7.23. The highest BCUT2D eigenvalue weighted by molar-refractivity contribution is 5.60. The molecule has 1 aliphatic rings. The summed E-state index contributed by atoms with van der Waals surface area (Å²) in [7, 11) is 0. The van der Waals surface area contributed by atoms with E-state index in [0.29, 0.717) is 0 Å². The lowest BCUT2D eigenvalue weighted by Gasteiger charge is -2.16. The largest absolute Gasteiger partial charge is 0.298 e. The highest BCUT2D eigenvalue weighted by Gasteiger charge is 2.09. The van der Waals surface area contributed by atoms with E-state index < -0.39 is 0 Å². The standard InChI is InChI=1S/C9H17N/c1-2-10-8-9-6-4-3-5-7-9/h8-9H,2-7H2,1H3/b10-8+. The summed E-state index contributed by atoms with van der Waals surface area (Å²) in [6.07, 6.45) is 9.20. The van der Waals surface area contributed by atoms with Gasteiger partial charge in [-0.3, -0.25) is 4.99 Å².